The van der Waals surface area contributed by atoms with Crippen molar-refractivity contribution in [2.45, 2.75) is 128 Å². The minimum atomic E-state index is -3.84. The highest BCUT2D eigenvalue weighted by atomic mass is 32.2. The van der Waals surface area contributed by atoms with Gasteiger partial charge in [-0.3, -0.25) is 29.6 Å². The van der Waals surface area contributed by atoms with Crippen LogP contribution < -0.4 is 15.0 Å². The predicted octanol–water partition coefficient (Wildman–Crippen LogP) is 7.50. The number of benzene rings is 2. The van der Waals surface area contributed by atoms with Gasteiger partial charge >= 0.3 is 6.09 Å². The van der Waals surface area contributed by atoms with Gasteiger partial charge in [-0.1, -0.05) is 26.0 Å². The topological polar surface area (TPSA) is 219 Å². The van der Waals surface area contributed by atoms with E-state index >= 15 is 0 Å². The van der Waals surface area contributed by atoms with E-state index in [1.54, 1.807) is 45.0 Å². The third-order valence-corrected chi connectivity index (χ3v) is 18.2. The third-order valence-electron chi connectivity index (χ3n) is 15.7. The van der Waals surface area contributed by atoms with Gasteiger partial charge in [-0.2, -0.15) is 5.10 Å². The smallest absolute Gasteiger partial charge is 0.410 e. The number of aromatic nitrogens is 5. The van der Waals surface area contributed by atoms with Gasteiger partial charge < -0.3 is 43.5 Å². The van der Waals surface area contributed by atoms with E-state index in [9.17, 15) is 22.4 Å². The summed E-state index contributed by atoms with van der Waals surface area (Å²) in [5.74, 6) is 0.992. The number of hydrogen-bond acceptors (Lipinski definition) is 18. The van der Waals surface area contributed by atoms with Gasteiger partial charge in [0.15, 0.2) is 9.84 Å². The van der Waals surface area contributed by atoms with Gasteiger partial charge in [-0.05, 0) is 111 Å². The molecule has 8 rings (SSSR count). The van der Waals surface area contributed by atoms with Gasteiger partial charge in [0.2, 0.25) is 5.91 Å². The largest absolute Gasteiger partial charge is 0.490 e. The summed E-state index contributed by atoms with van der Waals surface area (Å²) >= 11 is 0. The lowest BCUT2D eigenvalue weighted by molar-refractivity contribution is -0.121. The molecule has 0 saturated carbocycles. The van der Waals surface area contributed by atoms with Crippen molar-refractivity contribution in [3.8, 4) is 5.75 Å². The van der Waals surface area contributed by atoms with Crippen LogP contribution in [0.3, 0.4) is 0 Å². The second-order valence-electron chi connectivity index (χ2n) is 25.0. The molecule has 0 aliphatic carbocycles. The molecule has 3 aromatic heterocycles. The van der Waals surface area contributed by atoms with E-state index in [0.717, 1.165) is 59.9 Å². The molecule has 0 spiro atoms. The molecule has 23 heteroatoms. The highest BCUT2D eigenvalue weighted by Gasteiger charge is 2.43. The minimum absolute atomic E-state index is 0.00542. The highest BCUT2D eigenvalue weighted by Crippen LogP contribution is 2.41. The number of nitrogens with zero attached hydrogens (tertiary/aromatic N) is 9. The van der Waals surface area contributed by atoms with Crippen LogP contribution in [0.5, 0.6) is 5.75 Å². The maximum atomic E-state index is 14.6. The number of rotatable bonds is 25. The number of amides is 2. The van der Waals surface area contributed by atoms with Crippen molar-refractivity contribution in [3.05, 3.63) is 88.9 Å². The summed E-state index contributed by atoms with van der Waals surface area (Å²) < 4.78 is 75.3. The summed E-state index contributed by atoms with van der Waals surface area (Å²) in [6.07, 6.45) is 3.51. The Morgan fingerprint density at radius 1 is 0.798 bits per heavy atom. The van der Waals surface area contributed by atoms with Crippen LogP contribution in [-0.4, -0.2) is 212 Å². The van der Waals surface area contributed by atoms with Gasteiger partial charge in [0.25, 0.3) is 0 Å². The molecular weight excluding hydrogens is 1100 g/mol. The van der Waals surface area contributed by atoms with Crippen LogP contribution in [0.4, 0.5) is 26.5 Å². The molecule has 2 aromatic carbocycles. The van der Waals surface area contributed by atoms with Crippen molar-refractivity contribution in [1.29, 1.82) is 0 Å². The molecule has 2 amide bonds. The molecule has 6 heterocycles. The van der Waals surface area contributed by atoms with Crippen LogP contribution >= 0.6 is 0 Å². The van der Waals surface area contributed by atoms with E-state index in [-0.39, 0.29) is 71.8 Å². The van der Waals surface area contributed by atoms with Crippen LogP contribution in [0.15, 0.2) is 59.9 Å². The van der Waals surface area contributed by atoms with E-state index in [0.29, 0.717) is 101 Å². The second kappa shape index (κ2) is 27.6. The molecule has 2 fully saturated rings. The normalized spacial score (nSPS) is 19.0. The Kier molecular flexibility index (Phi) is 21.1. The summed E-state index contributed by atoms with van der Waals surface area (Å²) in [5.41, 5.74) is 4.90. The molecule has 2 N–H and O–H groups in total. The molecule has 0 unspecified atom stereocenters. The standard InChI is InChI=1S/C61H88FN11O10S/c1-41-34-69(19-20-78-21-22-79-23-24-80-25-26-81-27-28-82-52-32-50-49(31-53(52)84(76,77)60(8,9)10)57(65-40-64-50)66-56-43(3)44(4)67-68-56)17-18-70(41)36-48-37-72(58(75)83-59(5,6)7)42(2)35-71(48)38-54(74)73-39-61(11,12)55-51(73)30-46(33-63-55)29-45-13-15-47(62)16-14-45/h13-16,30-33,40-42,48H,17-29,34-39H2,1-12H3,(H2,64,65,66,67,68)/t41-,42-,48-/m0/s1. The quantitative estimate of drug-likeness (QED) is 0.0541. The predicted molar refractivity (Wildman–Crippen MR) is 321 cm³/mol. The number of aryl methyl sites for hydroxylation is 1. The number of fused-ring (bicyclic) bond motifs is 2. The van der Waals surface area contributed by atoms with Crippen molar-refractivity contribution >= 4 is 50.1 Å². The zero-order valence-corrected chi connectivity index (χ0v) is 52.1. The molecule has 0 radical (unpaired) electrons. The van der Waals surface area contributed by atoms with Crippen LogP contribution in [0.25, 0.3) is 10.9 Å². The van der Waals surface area contributed by atoms with E-state index in [1.807, 2.05) is 57.5 Å². The fraction of sp³-hybridized carbons (Fsp3) is 0.607. The minimum Gasteiger partial charge on any atom is -0.490 e. The number of carbonyl (C=O) groups is 2. The lowest BCUT2D eigenvalue weighted by atomic mass is 9.91. The molecule has 3 aliphatic heterocycles. The number of pyridine rings is 1. The lowest BCUT2D eigenvalue weighted by Gasteiger charge is -2.48. The maximum absolute atomic E-state index is 14.6. The van der Waals surface area contributed by atoms with Crippen LogP contribution in [0, 0.1) is 19.7 Å². The maximum Gasteiger partial charge on any atom is 0.410 e. The molecule has 5 aromatic rings. The number of sulfone groups is 1. The number of ether oxygens (including phenoxy) is 6. The SMILES string of the molecule is Cc1n[nH]c(Nc2ncnc3cc(OCCOCCOCCOCCOCCN4CCN(C[C@H]5CN(C(=O)OC(C)(C)C)[C@@H](C)CN5CC(=O)N5CC(C)(C)c6ncc(Cc7ccc(F)cc7)cc65)[C@@H](C)C4)c(S(=O)(=O)C(C)(C)C)cc23)c1C. The van der Waals surface area contributed by atoms with Gasteiger partial charge in [0.1, 0.15) is 46.6 Å². The van der Waals surface area contributed by atoms with Crippen molar-refractivity contribution in [3.63, 3.8) is 0 Å². The fourth-order valence-corrected chi connectivity index (χ4v) is 12.1. The Labute approximate surface area is 495 Å². The van der Waals surface area contributed by atoms with Crippen LogP contribution in [0.2, 0.25) is 0 Å². The molecule has 0 bridgehead atoms. The number of aromatic amines is 1. The van der Waals surface area contributed by atoms with Crippen molar-refractivity contribution in [2.75, 3.05) is 129 Å². The summed E-state index contributed by atoms with van der Waals surface area (Å²) in [5, 5.41) is 11.0. The Morgan fingerprint density at radius 3 is 2.10 bits per heavy atom. The van der Waals surface area contributed by atoms with Crippen molar-refractivity contribution in [1.82, 2.24) is 44.7 Å². The summed E-state index contributed by atoms with van der Waals surface area (Å²) in [6, 6.07) is 11.7. The number of carbonyl (C=O) groups excluding carboxylic acids is 2. The lowest BCUT2D eigenvalue weighted by Crippen LogP contribution is -2.65. The molecule has 460 valence electrons. The van der Waals surface area contributed by atoms with E-state index in [1.165, 1.54) is 18.5 Å². The van der Waals surface area contributed by atoms with Gasteiger partial charge in [0, 0.05) is 99.1 Å². The monoisotopic (exact) mass is 1190 g/mol. The summed E-state index contributed by atoms with van der Waals surface area (Å²) in [7, 11) is -3.84. The first-order valence-corrected chi connectivity index (χ1v) is 30.8. The van der Waals surface area contributed by atoms with Crippen molar-refractivity contribution < 1.29 is 50.8 Å². The molecule has 2 saturated heterocycles. The average molecular weight is 1190 g/mol. The summed E-state index contributed by atoms with van der Waals surface area (Å²) in [4.78, 5) is 52.8. The Hall–Kier alpha value is -5.92. The Balaban J connectivity index is 0.732. The average Bonchev–Trinajstić information content (AvgIpc) is 1.78. The first-order valence-electron chi connectivity index (χ1n) is 29.3. The van der Waals surface area contributed by atoms with Crippen LogP contribution in [-0.2, 0) is 50.2 Å². The van der Waals surface area contributed by atoms with E-state index < -0.39 is 20.2 Å². The fourth-order valence-electron chi connectivity index (χ4n) is 10.8. The highest BCUT2D eigenvalue weighted by molar-refractivity contribution is 7.92. The number of halogens is 1. The molecular formula is C61H88FN11O10S. The van der Waals surface area contributed by atoms with Crippen LogP contribution in [0.1, 0.15) is 97.3 Å². The van der Waals surface area contributed by atoms with E-state index in [4.69, 9.17) is 33.4 Å². The second-order valence-corrected chi connectivity index (χ2v) is 27.6. The first-order chi connectivity index (χ1) is 39.8. The zero-order valence-electron chi connectivity index (χ0n) is 51.3. The number of H-pyrrole nitrogens is 1. The summed E-state index contributed by atoms with van der Waals surface area (Å²) in [6.45, 7) is 31.8. The van der Waals surface area contributed by atoms with Gasteiger partial charge in [-0.15, -0.1) is 0 Å². The van der Waals surface area contributed by atoms with Gasteiger partial charge in [-0.25, -0.2) is 27.6 Å². The van der Waals surface area contributed by atoms with Crippen molar-refractivity contribution in [2.24, 2.45) is 0 Å². The zero-order chi connectivity index (χ0) is 60.6. The molecule has 3 aliphatic rings. The third kappa shape index (κ3) is 16.3. The molecule has 21 nitrogen and oxygen atoms in total. The molecule has 84 heavy (non-hydrogen) atoms. The number of nitrogens with one attached hydrogen (secondary N) is 2. The van der Waals surface area contributed by atoms with E-state index in [2.05, 4.69) is 67.0 Å². The number of piperazine rings is 2. The number of anilines is 3. The Bertz CT molecular complexity index is 3150. The number of hydrogen-bond donors (Lipinski definition) is 2. The Morgan fingerprint density at radius 2 is 1.46 bits per heavy atom. The first kappa shape index (κ1) is 64.1. The van der Waals surface area contributed by atoms with Gasteiger partial charge in [0.05, 0.1) is 86.7 Å². The molecule has 3 atom stereocenters.